The lowest BCUT2D eigenvalue weighted by molar-refractivity contribution is -0.115. The second kappa shape index (κ2) is 9.05. The lowest BCUT2D eigenvalue weighted by Gasteiger charge is -2.09. The molecule has 0 saturated carbocycles. The molecule has 1 amide bonds. The van der Waals surface area contributed by atoms with Gasteiger partial charge in [0.15, 0.2) is 4.21 Å². The Hall–Kier alpha value is -2.92. The van der Waals surface area contributed by atoms with Crippen molar-refractivity contribution in [3.8, 4) is 0 Å². The van der Waals surface area contributed by atoms with Crippen molar-refractivity contribution < 1.29 is 32.3 Å². The standard InChI is InChI=1S/C18H20N2O7S2/c1-5-13(21)19-11-6-8-12(9-7-11)20-29(24,25)18-14(16(22)26-3)10(2)15(28-18)17(23)27-4/h6-9,20H,5H2,1-4H3,(H,19,21). The van der Waals surface area contributed by atoms with E-state index in [1.165, 1.54) is 31.2 Å². The molecule has 9 nitrogen and oxygen atoms in total. The SMILES string of the molecule is CCC(=O)Nc1ccc(NS(=O)(=O)c2sc(C(=O)OC)c(C)c2C(=O)OC)cc1. The molecule has 2 N–H and O–H groups in total. The number of thiophene rings is 1. The summed E-state index contributed by atoms with van der Waals surface area (Å²) in [7, 11) is -1.94. The quantitative estimate of drug-likeness (QED) is 0.634. The minimum atomic E-state index is -4.21. The summed E-state index contributed by atoms with van der Waals surface area (Å²) in [4.78, 5) is 35.5. The minimum absolute atomic E-state index is 0.00843. The van der Waals surface area contributed by atoms with Gasteiger partial charge in [0.2, 0.25) is 5.91 Å². The van der Waals surface area contributed by atoms with Gasteiger partial charge in [0.05, 0.1) is 19.8 Å². The molecule has 0 aliphatic rings. The lowest BCUT2D eigenvalue weighted by Crippen LogP contribution is -2.16. The van der Waals surface area contributed by atoms with Crippen molar-refractivity contribution in [2.24, 2.45) is 0 Å². The van der Waals surface area contributed by atoms with Gasteiger partial charge in [-0.25, -0.2) is 18.0 Å². The van der Waals surface area contributed by atoms with Crippen LogP contribution in [0, 0.1) is 6.92 Å². The Labute approximate surface area is 172 Å². The van der Waals surface area contributed by atoms with Crippen molar-refractivity contribution in [3.05, 3.63) is 40.3 Å². The molecule has 11 heteroatoms. The van der Waals surface area contributed by atoms with Gasteiger partial charge in [0.25, 0.3) is 10.0 Å². The minimum Gasteiger partial charge on any atom is -0.465 e. The molecular weight excluding hydrogens is 420 g/mol. The maximum absolute atomic E-state index is 12.9. The highest BCUT2D eigenvalue weighted by atomic mass is 32.2. The molecular formula is C18H20N2O7S2. The second-order valence-electron chi connectivity index (χ2n) is 5.79. The number of hydrogen-bond acceptors (Lipinski definition) is 8. The normalized spacial score (nSPS) is 10.9. The lowest BCUT2D eigenvalue weighted by atomic mass is 10.2. The van der Waals surface area contributed by atoms with Crippen molar-refractivity contribution in [2.75, 3.05) is 24.3 Å². The van der Waals surface area contributed by atoms with Gasteiger partial charge >= 0.3 is 11.9 Å². The first-order valence-corrected chi connectivity index (χ1v) is 10.7. The molecule has 0 aliphatic carbocycles. The summed E-state index contributed by atoms with van der Waals surface area (Å²) in [5, 5.41) is 2.65. The zero-order valence-corrected chi connectivity index (χ0v) is 17.8. The number of benzene rings is 1. The molecule has 0 unspecified atom stereocenters. The van der Waals surface area contributed by atoms with E-state index in [9.17, 15) is 22.8 Å². The monoisotopic (exact) mass is 440 g/mol. The van der Waals surface area contributed by atoms with Crippen LogP contribution in [0.1, 0.15) is 38.9 Å². The number of amides is 1. The Balaban J connectivity index is 2.41. The van der Waals surface area contributed by atoms with E-state index in [0.717, 1.165) is 14.2 Å². The van der Waals surface area contributed by atoms with Crippen LogP contribution in [0.15, 0.2) is 28.5 Å². The molecule has 1 heterocycles. The number of rotatable bonds is 7. The Morgan fingerprint density at radius 2 is 1.55 bits per heavy atom. The molecule has 0 bridgehead atoms. The van der Waals surface area contributed by atoms with E-state index in [0.29, 0.717) is 23.4 Å². The summed E-state index contributed by atoms with van der Waals surface area (Å²) in [6.45, 7) is 3.15. The van der Waals surface area contributed by atoms with E-state index in [4.69, 9.17) is 0 Å². The number of anilines is 2. The molecule has 156 valence electrons. The predicted molar refractivity (Wildman–Crippen MR) is 108 cm³/mol. The van der Waals surface area contributed by atoms with Crippen LogP contribution in [0.25, 0.3) is 0 Å². The zero-order valence-electron chi connectivity index (χ0n) is 16.2. The fourth-order valence-electron chi connectivity index (χ4n) is 2.37. The van der Waals surface area contributed by atoms with Crippen molar-refractivity contribution in [1.29, 1.82) is 0 Å². The average molecular weight is 440 g/mol. The number of carbonyl (C=O) groups is 3. The Morgan fingerprint density at radius 1 is 1.00 bits per heavy atom. The summed E-state index contributed by atoms with van der Waals surface area (Å²) in [6.07, 6.45) is 0.310. The third-order valence-electron chi connectivity index (χ3n) is 3.86. The van der Waals surface area contributed by atoms with Gasteiger partial charge < -0.3 is 14.8 Å². The Bertz CT molecular complexity index is 1040. The largest absolute Gasteiger partial charge is 0.465 e. The summed E-state index contributed by atoms with van der Waals surface area (Å²) < 4.78 is 37.1. The third kappa shape index (κ3) is 4.93. The zero-order chi connectivity index (χ0) is 21.8. The van der Waals surface area contributed by atoms with Gasteiger partial charge in [0.1, 0.15) is 4.88 Å². The van der Waals surface area contributed by atoms with E-state index >= 15 is 0 Å². The predicted octanol–water partition coefficient (Wildman–Crippen LogP) is 2.78. The first-order valence-electron chi connectivity index (χ1n) is 8.37. The maximum Gasteiger partial charge on any atom is 0.348 e. The fourth-order valence-corrected chi connectivity index (χ4v) is 5.18. The van der Waals surface area contributed by atoms with Gasteiger partial charge in [0, 0.05) is 17.8 Å². The molecule has 1 aromatic carbocycles. The molecule has 0 atom stereocenters. The molecule has 29 heavy (non-hydrogen) atoms. The molecule has 0 saturated heterocycles. The van der Waals surface area contributed by atoms with Crippen molar-refractivity contribution in [1.82, 2.24) is 0 Å². The van der Waals surface area contributed by atoms with E-state index in [1.807, 2.05) is 0 Å². The summed E-state index contributed by atoms with van der Waals surface area (Å²) in [5.74, 6) is -1.81. The van der Waals surface area contributed by atoms with E-state index < -0.39 is 22.0 Å². The number of methoxy groups -OCH3 is 2. The molecule has 0 spiro atoms. The number of esters is 2. The van der Waals surface area contributed by atoms with Gasteiger partial charge in [-0.15, -0.1) is 11.3 Å². The maximum atomic E-state index is 12.9. The summed E-state index contributed by atoms with van der Waals surface area (Å²) in [5.41, 5.74) is 0.653. The number of sulfonamides is 1. The molecule has 0 fully saturated rings. The van der Waals surface area contributed by atoms with Crippen LogP contribution in [-0.4, -0.2) is 40.5 Å². The van der Waals surface area contributed by atoms with E-state index in [-0.39, 0.29) is 31.8 Å². The third-order valence-corrected chi connectivity index (χ3v) is 7.03. The first kappa shape index (κ1) is 22.4. The van der Waals surface area contributed by atoms with Gasteiger partial charge in [-0.3, -0.25) is 9.52 Å². The van der Waals surface area contributed by atoms with Crippen LogP contribution >= 0.6 is 11.3 Å². The number of nitrogens with one attached hydrogen (secondary N) is 2. The molecule has 2 aromatic rings. The second-order valence-corrected chi connectivity index (χ2v) is 8.68. The average Bonchev–Trinajstić information content (AvgIpc) is 3.06. The smallest absolute Gasteiger partial charge is 0.348 e. The van der Waals surface area contributed by atoms with Crippen LogP contribution in [0.2, 0.25) is 0 Å². The number of carbonyl (C=O) groups excluding carboxylic acids is 3. The van der Waals surface area contributed by atoms with Gasteiger partial charge in [-0.05, 0) is 36.8 Å². The highest BCUT2D eigenvalue weighted by Gasteiger charge is 2.32. The summed E-state index contributed by atoms with van der Waals surface area (Å²) >= 11 is 0.620. The highest BCUT2D eigenvalue weighted by molar-refractivity contribution is 7.94. The van der Waals surface area contributed by atoms with Crippen LogP contribution in [0.3, 0.4) is 0 Å². The van der Waals surface area contributed by atoms with Gasteiger partial charge in [-0.2, -0.15) is 0 Å². The van der Waals surface area contributed by atoms with Crippen molar-refractivity contribution >= 4 is 50.6 Å². The van der Waals surface area contributed by atoms with Crippen LogP contribution in [0.5, 0.6) is 0 Å². The molecule has 1 aromatic heterocycles. The Morgan fingerprint density at radius 3 is 2.07 bits per heavy atom. The van der Waals surface area contributed by atoms with Crippen molar-refractivity contribution in [2.45, 2.75) is 24.5 Å². The van der Waals surface area contributed by atoms with Crippen LogP contribution < -0.4 is 10.0 Å². The van der Waals surface area contributed by atoms with E-state index in [2.05, 4.69) is 19.5 Å². The fraction of sp³-hybridized carbons (Fsp3) is 0.278. The van der Waals surface area contributed by atoms with Gasteiger partial charge in [-0.1, -0.05) is 6.92 Å². The van der Waals surface area contributed by atoms with Crippen LogP contribution in [-0.2, 0) is 24.3 Å². The topological polar surface area (TPSA) is 128 Å². The number of ether oxygens (including phenoxy) is 2. The van der Waals surface area contributed by atoms with Crippen molar-refractivity contribution in [3.63, 3.8) is 0 Å². The highest BCUT2D eigenvalue weighted by Crippen LogP contribution is 2.34. The summed E-state index contributed by atoms with van der Waals surface area (Å²) in [6, 6.07) is 5.99. The van der Waals surface area contributed by atoms with E-state index in [1.54, 1.807) is 6.92 Å². The Kier molecular flexibility index (Phi) is 6.98. The van der Waals surface area contributed by atoms with Crippen LogP contribution in [0.4, 0.5) is 11.4 Å². The molecule has 0 radical (unpaired) electrons. The molecule has 0 aliphatic heterocycles. The number of hydrogen-bond donors (Lipinski definition) is 2. The molecule has 2 rings (SSSR count). The first-order chi connectivity index (χ1) is 13.6.